The fourth-order valence-electron chi connectivity index (χ4n) is 4.68. The first-order valence-corrected chi connectivity index (χ1v) is 12.1. The standard InChI is InChI=1S/C25H35N7O/c1-27-24-21(6-7-22(30-24)32-14-4-2-3-5-15-32)23(26)25(33)29-20-10-16-31(17-11-20)18-19-8-12-28-13-9-19/h6-9,12-13,20,26H,2-5,10-11,14-18H2,1H3,(H,27,30)(H,29,33). The quantitative estimate of drug-likeness (QED) is 0.562. The number of hydrogen-bond donors (Lipinski definition) is 3. The van der Waals surface area contributed by atoms with Gasteiger partial charge in [0.05, 0.1) is 0 Å². The van der Waals surface area contributed by atoms with Crippen LogP contribution in [0.3, 0.4) is 0 Å². The number of nitrogens with zero attached hydrogens (tertiary/aromatic N) is 4. The lowest BCUT2D eigenvalue weighted by Gasteiger charge is -2.32. The highest BCUT2D eigenvalue weighted by atomic mass is 16.1. The van der Waals surface area contributed by atoms with Crippen molar-refractivity contribution in [2.24, 2.45) is 0 Å². The highest BCUT2D eigenvalue weighted by molar-refractivity contribution is 6.45. The van der Waals surface area contributed by atoms with Crippen LogP contribution < -0.4 is 15.5 Å². The first-order valence-electron chi connectivity index (χ1n) is 12.1. The molecule has 2 aromatic heterocycles. The predicted molar refractivity (Wildman–Crippen MR) is 132 cm³/mol. The molecule has 176 valence electrons. The highest BCUT2D eigenvalue weighted by Crippen LogP contribution is 2.23. The molecule has 0 aromatic carbocycles. The molecule has 2 aliphatic heterocycles. The summed E-state index contributed by atoms with van der Waals surface area (Å²) in [6, 6.07) is 7.98. The van der Waals surface area contributed by atoms with Crippen LogP contribution in [0.15, 0.2) is 36.7 Å². The average Bonchev–Trinajstić information content (AvgIpc) is 3.15. The molecule has 2 aliphatic rings. The third-order valence-electron chi connectivity index (χ3n) is 6.62. The van der Waals surface area contributed by atoms with Crippen molar-refractivity contribution in [2.75, 3.05) is 43.4 Å². The molecule has 1 amide bonds. The molecule has 33 heavy (non-hydrogen) atoms. The summed E-state index contributed by atoms with van der Waals surface area (Å²) in [5.41, 5.74) is 1.77. The molecule has 8 heteroatoms. The van der Waals surface area contributed by atoms with Crippen molar-refractivity contribution >= 4 is 23.3 Å². The van der Waals surface area contributed by atoms with Gasteiger partial charge in [0.15, 0.2) is 0 Å². The van der Waals surface area contributed by atoms with Crippen LogP contribution in [-0.2, 0) is 11.3 Å². The zero-order valence-corrected chi connectivity index (χ0v) is 19.5. The number of nitrogens with one attached hydrogen (secondary N) is 3. The monoisotopic (exact) mass is 449 g/mol. The summed E-state index contributed by atoms with van der Waals surface area (Å²) in [4.78, 5) is 26.4. The Kier molecular flexibility index (Phi) is 7.88. The molecule has 2 aromatic rings. The van der Waals surface area contributed by atoms with Crippen molar-refractivity contribution < 1.29 is 4.79 Å². The van der Waals surface area contributed by atoms with E-state index in [0.29, 0.717) is 11.4 Å². The van der Waals surface area contributed by atoms with E-state index in [2.05, 4.69) is 25.4 Å². The molecule has 0 aliphatic carbocycles. The van der Waals surface area contributed by atoms with Gasteiger partial charge in [-0.3, -0.25) is 20.1 Å². The van der Waals surface area contributed by atoms with Crippen LogP contribution in [0.1, 0.15) is 49.7 Å². The fraction of sp³-hybridized carbons (Fsp3) is 0.520. The molecule has 0 spiro atoms. The summed E-state index contributed by atoms with van der Waals surface area (Å²) < 4.78 is 0. The zero-order valence-electron chi connectivity index (χ0n) is 19.5. The van der Waals surface area contributed by atoms with E-state index in [1.54, 1.807) is 7.05 Å². The Hall–Kier alpha value is -3.00. The zero-order chi connectivity index (χ0) is 23.0. The number of anilines is 2. The van der Waals surface area contributed by atoms with Crippen molar-refractivity contribution in [3.8, 4) is 0 Å². The minimum Gasteiger partial charge on any atom is -0.373 e. The molecule has 8 nitrogen and oxygen atoms in total. The van der Waals surface area contributed by atoms with Gasteiger partial charge in [-0.1, -0.05) is 12.8 Å². The Morgan fingerprint density at radius 2 is 1.73 bits per heavy atom. The van der Waals surface area contributed by atoms with Gasteiger partial charge >= 0.3 is 0 Å². The molecule has 2 fully saturated rings. The molecule has 0 radical (unpaired) electrons. The fourth-order valence-corrected chi connectivity index (χ4v) is 4.68. The summed E-state index contributed by atoms with van der Waals surface area (Å²) >= 11 is 0. The lowest BCUT2D eigenvalue weighted by molar-refractivity contribution is -0.115. The number of carbonyl (C=O) groups is 1. The molecule has 0 unspecified atom stereocenters. The second-order valence-corrected chi connectivity index (χ2v) is 8.97. The highest BCUT2D eigenvalue weighted by Gasteiger charge is 2.24. The van der Waals surface area contributed by atoms with Crippen LogP contribution in [0.25, 0.3) is 0 Å². The maximum atomic E-state index is 12.9. The van der Waals surface area contributed by atoms with E-state index in [4.69, 9.17) is 10.4 Å². The largest absolute Gasteiger partial charge is 0.373 e. The van der Waals surface area contributed by atoms with Gasteiger partial charge in [-0.2, -0.15) is 0 Å². The van der Waals surface area contributed by atoms with E-state index in [1.165, 1.54) is 31.2 Å². The molecule has 4 rings (SSSR count). The Labute approximate surface area is 196 Å². The third kappa shape index (κ3) is 6.07. The van der Waals surface area contributed by atoms with Crippen LogP contribution in [0.4, 0.5) is 11.6 Å². The van der Waals surface area contributed by atoms with Gasteiger partial charge in [0.2, 0.25) is 0 Å². The topological polar surface area (TPSA) is 97.2 Å². The number of carbonyl (C=O) groups excluding carboxylic acids is 1. The van der Waals surface area contributed by atoms with Crippen LogP contribution in [0.5, 0.6) is 0 Å². The van der Waals surface area contributed by atoms with Crippen molar-refractivity contribution in [2.45, 2.75) is 51.1 Å². The Bertz CT molecular complexity index is 933. The van der Waals surface area contributed by atoms with E-state index in [9.17, 15) is 4.79 Å². The van der Waals surface area contributed by atoms with Gasteiger partial charge in [0, 0.05) is 63.8 Å². The average molecular weight is 450 g/mol. The van der Waals surface area contributed by atoms with Gasteiger partial charge in [-0.05, 0) is 55.5 Å². The second kappa shape index (κ2) is 11.2. The first-order chi connectivity index (χ1) is 16.1. The normalized spacial score (nSPS) is 17.9. The van der Waals surface area contributed by atoms with E-state index < -0.39 is 0 Å². The summed E-state index contributed by atoms with van der Waals surface area (Å²) in [6.45, 7) is 4.77. The molecular formula is C25H35N7O. The van der Waals surface area contributed by atoms with Crippen molar-refractivity contribution in [3.63, 3.8) is 0 Å². The van der Waals surface area contributed by atoms with Crippen molar-refractivity contribution in [3.05, 3.63) is 47.8 Å². The number of pyridine rings is 2. The second-order valence-electron chi connectivity index (χ2n) is 8.97. The minimum absolute atomic E-state index is 0.0338. The maximum absolute atomic E-state index is 12.9. The SMILES string of the molecule is CNc1nc(N2CCCCCC2)ccc1C(=N)C(=O)NC1CCN(Cc2ccncc2)CC1. The summed E-state index contributed by atoms with van der Waals surface area (Å²) in [7, 11) is 1.79. The molecule has 0 saturated carbocycles. The minimum atomic E-state index is -0.330. The molecule has 0 bridgehead atoms. The van der Waals surface area contributed by atoms with E-state index >= 15 is 0 Å². The van der Waals surface area contributed by atoms with Gasteiger partial charge in [-0.15, -0.1) is 0 Å². The lowest BCUT2D eigenvalue weighted by Crippen LogP contribution is -2.46. The van der Waals surface area contributed by atoms with Gasteiger partial charge in [0.25, 0.3) is 5.91 Å². The number of rotatable bonds is 7. The number of piperidine rings is 1. The van der Waals surface area contributed by atoms with Crippen molar-refractivity contribution in [1.29, 1.82) is 5.41 Å². The van der Waals surface area contributed by atoms with Crippen LogP contribution in [-0.4, -0.2) is 65.8 Å². The number of amides is 1. The van der Waals surface area contributed by atoms with E-state index in [1.807, 2.05) is 36.7 Å². The molecular weight excluding hydrogens is 414 g/mol. The van der Waals surface area contributed by atoms with Crippen LogP contribution in [0.2, 0.25) is 0 Å². The van der Waals surface area contributed by atoms with Crippen molar-refractivity contribution in [1.82, 2.24) is 20.2 Å². The Balaban J connectivity index is 1.32. The first kappa shape index (κ1) is 23.2. The smallest absolute Gasteiger partial charge is 0.270 e. The third-order valence-corrected chi connectivity index (χ3v) is 6.62. The van der Waals surface area contributed by atoms with E-state index in [-0.39, 0.29) is 17.7 Å². The maximum Gasteiger partial charge on any atom is 0.270 e. The van der Waals surface area contributed by atoms with Crippen LogP contribution >= 0.6 is 0 Å². The predicted octanol–water partition coefficient (Wildman–Crippen LogP) is 3.05. The summed E-state index contributed by atoms with van der Waals surface area (Å²) in [6.07, 6.45) is 10.3. The number of hydrogen-bond acceptors (Lipinski definition) is 7. The van der Waals surface area contributed by atoms with E-state index in [0.717, 1.165) is 51.4 Å². The molecule has 3 N–H and O–H groups in total. The van der Waals surface area contributed by atoms with Crippen LogP contribution in [0, 0.1) is 5.41 Å². The number of aromatic nitrogens is 2. The van der Waals surface area contributed by atoms with Gasteiger partial charge in [0.1, 0.15) is 17.3 Å². The van der Waals surface area contributed by atoms with Gasteiger partial charge < -0.3 is 15.5 Å². The molecule has 2 saturated heterocycles. The molecule has 0 atom stereocenters. The summed E-state index contributed by atoms with van der Waals surface area (Å²) in [5, 5.41) is 14.7. The van der Waals surface area contributed by atoms with Gasteiger partial charge in [-0.25, -0.2) is 4.98 Å². The molecule has 4 heterocycles. The number of likely N-dealkylation sites (tertiary alicyclic amines) is 1. The Morgan fingerprint density at radius 3 is 2.39 bits per heavy atom. The Morgan fingerprint density at radius 1 is 1.03 bits per heavy atom. The lowest BCUT2D eigenvalue weighted by atomic mass is 10.0. The summed E-state index contributed by atoms with van der Waals surface area (Å²) in [5.74, 6) is 1.17.